The fourth-order valence-corrected chi connectivity index (χ4v) is 7.09. The molecule has 0 aromatic carbocycles. The minimum Gasteiger partial charge on any atom is -0.469 e. The van der Waals surface area contributed by atoms with Gasteiger partial charge in [0.15, 0.2) is 5.78 Å². The lowest BCUT2D eigenvalue weighted by molar-refractivity contribution is -0.152. The second kappa shape index (κ2) is 5.44. The van der Waals surface area contributed by atoms with Crippen molar-refractivity contribution >= 4 is 11.8 Å². The summed E-state index contributed by atoms with van der Waals surface area (Å²) in [6.07, 6.45) is 10.5. The first-order valence-corrected chi connectivity index (χ1v) is 9.72. The molecule has 0 heterocycles. The molecule has 0 spiro atoms. The first-order chi connectivity index (χ1) is 11.4. The molecule has 24 heavy (non-hydrogen) atoms. The van der Waals surface area contributed by atoms with Crippen LogP contribution in [0.2, 0.25) is 0 Å². The molecule has 0 aliphatic heterocycles. The average molecular weight is 330 g/mol. The standard InChI is InChI=1S/C21H30O3/c1-20-10-8-14(22)12-13(20)4-5-15-16-6-7-18(19(23)24-3)21(16,2)11-9-17(15)20/h12,15-18H,4-11H2,1-3H3/t15-,16+,17+,18+,20-,21-/m0/s1. The molecule has 3 nitrogen and oxygen atoms in total. The van der Waals surface area contributed by atoms with Gasteiger partial charge < -0.3 is 4.74 Å². The Labute approximate surface area is 145 Å². The predicted molar refractivity (Wildman–Crippen MR) is 92.2 cm³/mol. The van der Waals surface area contributed by atoms with Gasteiger partial charge in [-0.2, -0.15) is 0 Å². The first kappa shape index (κ1) is 16.4. The van der Waals surface area contributed by atoms with Crippen molar-refractivity contribution in [3.63, 3.8) is 0 Å². The summed E-state index contributed by atoms with van der Waals surface area (Å²) in [5, 5.41) is 0. The highest BCUT2D eigenvalue weighted by Crippen LogP contribution is 2.66. The van der Waals surface area contributed by atoms with Crippen molar-refractivity contribution in [3.8, 4) is 0 Å². The largest absolute Gasteiger partial charge is 0.469 e. The molecule has 0 N–H and O–H groups in total. The van der Waals surface area contributed by atoms with Crippen LogP contribution in [-0.2, 0) is 14.3 Å². The van der Waals surface area contributed by atoms with E-state index in [0.717, 1.165) is 32.1 Å². The molecule has 0 unspecified atom stereocenters. The zero-order valence-corrected chi connectivity index (χ0v) is 15.3. The fourth-order valence-electron chi connectivity index (χ4n) is 7.09. The van der Waals surface area contributed by atoms with E-state index in [0.29, 0.717) is 23.5 Å². The number of esters is 1. The first-order valence-electron chi connectivity index (χ1n) is 9.72. The Morgan fingerprint density at radius 1 is 1.08 bits per heavy atom. The number of carbonyl (C=O) groups is 2. The highest BCUT2D eigenvalue weighted by Gasteiger charge is 2.60. The Kier molecular flexibility index (Phi) is 3.71. The van der Waals surface area contributed by atoms with E-state index < -0.39 is 0 Å². The summed E-state index contributed by atoms with van der Waals surface area (Å²) in [6, 6.07) is 0. The molecule has 4 aliphatic carbocycles. The molecule has 132 valence electrons. The summed E-state index contributed by atoms with van der Waals surface area (Å²) in [4.78, 5) is 24.2. The van der Waals surface area contributed by atoms with E-state index in [1.54, 1.807) is 0 Å². The summed E-state index contributed by atoms with van der Waals surface area (Å²) in [7, 11) is 1.53. The van der Waals surface area contributed by atoms with Crippen LogP contribution < -0.4 is 0 Å². The van der Waals surface area contributed by atoms with Crippen molar-refractivity contribution in [3.05, 3.63) is 11.6 Å². The average Bonchev–Trinajstić information content (AvgIpc) is 2.92. The van der Waals surface area contributed by atoms with Gasteiger partial charge in [-0.05, 0) is 79.6 Å². The Bertz CT molecular complexity index is 606. The van der Waals surface area contributed by atoms with Crippen LogP contribution in [0.25, 0.3) is 0 Å². The lowest BCUT2D eigenvalue weighted by atomic mass is 9.47. The van der Waals surface area contributed by atoms with Gasteiger partial charge in [-0.25, -0.2) is 0 Å². The molecule has 4 rings (SSSR count). The molecule has 6 atom stereocenters. The van der Waals surface area contributed by atoms with Crippen LogP contribution in [0.5, 0.6) is 0 Å². The quantitative estimate of drug-likeness (QED) is 0.673. The molecule has 0 amide bonds. The van der Waals surface area contributed by atoms with Gasteiger partial charge in [0.05, 0.1) is 13.0 Å². The van der Waals surface area contributed by atoms with E-state index in [2.05, 4.69) is 13.8 Å². The summed E-state index contributed by atoms with van der Waals surface area (Å²) >= 11 is 0. The fraction of sp³-hybridized carbons (Fsp3) is 0.810. The van der Waals surface area contributed by atoms with Crippen molar-refractivity contribution in [2.24, 2.45) is 34.5 Å². The highest BCUT2D eigenvalue weighted by molar-refractivity contribution is 5.91. The Hall–Kier alpha value is -1.12. The van der Waals surface area contributed by atoms with Gasteiger partial charge in [-0.1, -0.05) is 19.4 Å². The summed E-state index contributed by atoms with van der Waals surface area (Å²) in [6.45, 7) is 4.76. The van der Waals surface area contributed by atoms with Crippen LogP contribution in [0.3, 0.4) is 0 Å². The lowest BCUT2D eigenvalue weighted by Crippen LogP contribution is -2.51. The Balaban J connectivity index is 1.65. The molecule has 3 fully saturated rings. The highest BCUT2D eigenvalue weighted by atomic mass is 16.5. The smallest absolute Gasteiger partial charge is 0.309 e. The number of fused-ring (bicyclic) bond motifs is 5. The zero-order chi connectivity index (χ0) is 17.1. The van der Waals surface area contributed by atoms with Gasteiger partial charge in [0.25, 0.3) is 0 Å². The number of ketones is 1. The molecule has 3 heteroatoms. The van der Waals surface area contributed by atoms with E-state index in [4.69, 9.17) is 4.74 Å². The number of hydrogen-bond donors (Lipinski definition) is 0. The third-order valence-electron chi connectivity index (χ3n) is 8.45. The minimum absolute atomic E-state index is 0.00400. The van der Waals surface area contributed by atoms with Crippen molar-refractivity contribution in [1.29, 1.82) is 0 Å². The topological polar surface area (TPSA) is 43.4 Å². The summed E-state index contributed by atoms with van der Waals surface area (Å²) in [5.74, 6) is 2.48. The van der Waals surface area contributed by atoms with Gasteiger partial charge in [0.1, 0.15) is 0 Å². The minimum atomic E-state index is 0.00400. The van der Waals surface area contributed by atoms with Gasteiger partial charge in [0, 0.05) is 6.42 Å². The normalized spacial score (nSPS) is 47.3. The predicted octanol–water partition coefficient (Wildman–Crippen LogP) is 4.31. The van der Waals surface area contributed by atoms with Crippen molar-refractivity contribution in [1.82, 2.24) is 0 Å². The third kappa shape index (κ3) is 2.09. The van der Waals surface area contributed by atoms with Gasteiger partial charge in [0.2, 0.25) is 0 Å². The van der Waals surface area contributed by atoms with E-state index >= 15 is 0 Å². The maximum absolute atomic E-state index is 12.3. The number of allylic oxidation sites excluding steroid dienone is 1. The Morgan fingerprint density at radius 3 is 2.62 bits per heavy atom. The number of hydrogen-bond acceptors (Lipinski definition) is 3. The van der Waals surface area contributed by atoms with Crippen LogP contribution in [0.15, 0.2) is 11.6 Å². The molecule has 0 radical (unpaired) electrons. The molecule has 0 saturated heterocycles. The summed E-state index contributed by atoms with van der Waals surface area (Å²) in [5.41, 5.74) is 1.77. The maximum atomic E-state index is 12.3. The van der Waals surface area contributed by atoms with Crippen LogP contribution in [0.1, 0.15) is 65.2 Å². The Morgan fingerprint density at radius 2 is 1.88 bits per heavy atom. The number of rotatable bonds is 1. The maximum Gasteiger partial charge on any atom is 0.309 e. The SMILES string of the molecule is COC(=O)[C@H]1CC[C@@H]2[C@@H]3CCC4=CC(=O)CC[C@]4(C)[C@@H]3CC[C@]12C. The molecule has 4 aliphatic rings. The number of ether oxygens (including phenoxy) is 1. The monoisotopic (exact) mass is 330 g/mol. The van der Waals surface area contributed by atoms with Gasteiger partial charge >= 0.3 is 5.97 Å². The van der Waals surface area contributed by atoms with Crippen LogP contribution >= 0.6 is 0 Å². The van der Waals surface area contributed by atoms with E-state index in [1.807, 2.05) is 6.08 Å². The molecule has 3 saturated carbocycles. The second-order valence-corrected chi connectivity index (χ2v) is 9.17. The molecular formula is C21H30O3. The van der Waals surface area contributed by atoms with E-state index in [9.17, 15) is 9.59 Å². The molecular weight excluding hydrogens is 300 g/mol. The number of carbonyl (C=O) groups excluding carboxylic acids is 2. The molecule has 0 bridgehead atoms. The second-order valence-electron chi connectivity index (χ2n) is 9.17. The number of methoxy groups -OCH3 is 1. The van der Waals surface area contributed by atoms with Crippen molar-refractivity contribution < 1.29 is 14.3 Å². The third-order valence-corrected chi connectivity index (χ3v) is 8.45. The van der Waals surface area contributed by atoms with Crippen molar-refractivity contribution in [2.75, 3.05) is 7.11 Å². The molecule has 0 aromatic heterocycles. The molecule has 0 aromatic rings. The zero-order valence-electron chi connectivity index (χ0n) is 15.3. The van der Waals surface area contributed by atoms with Gasteiger partial charge in [-0.15, -0.1) is 0 Å². The van der Waals surface area contributed by atoms with Crippen LogP contribution in [-0.4, -0.2) is 18.9 Å². The van der Waals surface area contributed by atoms with E-state index in [1.165, 1.54) is 31.9 Å². The van der Waals surface area contributed by atoms with Gasteiger partial charge in [-0.3, -0.25) is 9.59 Å². The van der Waals surface area contributed by atoms with Crippen LogP contribution in [0.4, 0.5) is 0 Å². The van der Waals surface area contributed by atoms with E-state index in [-0.39, 0.29) is 22.7 Å². The van der Waals surface area contributed by atoms with Crippen LogP contribution in [0, 0.1) is 34.5 Å². The lowest BCUT2D eigenvalue weighted by Gasteiger charge is -2.57. The summed E-state index contributed by atoms with van der Waals surface area (Å²) < 4.78 is 5.12. The van der Waals surface area contributed by atoms with Crippen molar-refractivity contribution in [2.45, 2.75) is 65.2 Å².